The molecule has 4 nitrogen and oxygen atoms in total. The summed E-state index contributed by atoms with van der Waals surface area (Å²) in [5.41, 5.74) is 5.64. The standard InChI is InChI=1S/C14H22FN3O/c1-2-3-4-5-6-7-8-17-14(19)12-9-11(15)10-18-13(12)16/h9-10H,2-8H2,1H3,(H2,16,18)(H,17,19). The Labute approximate surface area is 113 Å². The summed E-state index contributed by atoms with van der Waals surface area (Å²) >= 11 is 0. The number of amides is 1. The third kappa shape index (κ3) is 5.68. The van der Waals surface area contributed by atoms with E-state index >= 15 is 0 Å². The van der Waals surface area contributed by atoms with Gasteiger partial charge in [-0.3, -0.25) is 4.79 Å². The van der Waals surface area contributed by atoms with E-state index in [1.807, 2.05) is 0 Å². The van der Waals surface area contributed by atoms with E-state index < -0.39 is 5.82 Å². The van der Waals surface area contributed by atoms with Crippen molar-refractivity contribution in [2.45, 2.75) is 45.4 Å². The van der Waals surface area contributed by atoms with Gasteiger partial charge in [-0.1, -0.05) is 39.0 Å². The average molecular weight is 267 g/mol. The van der Waals surface area contributed by atoms with Crippen LogP contribution in [-0.2, 0) is 0 Å². The molecule has 106 valence electrons. The lowest BCUT2D eigenvalue weighted by molar-refractivity contribution is 0.0953. The largest absolute Gasteiger partial charge is 0.383 e. The maximum Gasteiger partial charge on any atom is 0.255 e. The third-order valence-corrected chi connectivity index (χ3v) is 2.95. The Bertz CT molecular complexity index is 410. The summed E-state index contributed by atoms with van der Waals surface area (Å²) in [5.74, 6) is -0.862. The minimum absolute atomic E-state index is 0.0573. The highest BCUT2D eigenvalue weighted by Gasteiger charge is 2.11. The summed E-state index contributed by atoms with van der Waals surface area (Å²) in [6.07, 6.45) is 7.94. The molecule has 0 atom stereocenters. The van der Waals surface area contributed by atoms with Crippen molar-refractivity contribution in [3.05, 3.63) is 23.6 Å². The Balaban J connectivity index is 2.26. The van der Waals surface area contributed by atoms with Gasteiger partial charge in [-0.25, -0.2) is 9.37 Å². The van der Waals surface area contributed by atoms with Gasteiger partial charge in [-0.05, 0) is 12.5 Å². The van der Waals surface area contributed by atoms with Gasteiger partial charge >= 0.3 is 0 Å². The molecule has 1 amide bonds. The van der Waals surface area contributed by atoms with Crippen LogP contribution < -0.4 is 11.1 Å². The van der Waals surface area contributed by atoms with Gasteiger partial charge in [0.15, 0.2) is 0 Å². The summed E-state index contributed by atoms with van der Waals surface area (Å²) in [4.78, 5) is 15.4. The number of nitrogens with one attached hydrogen (secondary N) is 1. The van der Waals surface area contributed by atoms with Gasteiger partial charge in [-0.15, -0.1) is 0 Å². The molecule has 1 rings (SSSR count). The predicted molar refractivity (Wildman–Crippen MR) is 74.3 cm³/mol. The first-order chi connectivity index (χ1) is 9.15. The van der Waals surface area contributed by atoms with Crippen molar-refractivity contribution in [2.24, 2.45) is 0 Å². The molecule has 0 aromatic carbocycles. The summed E-state index contributed by atoms with van der Waals surface area (Å²) in [6, 6.07) is 1.11. The van der Waals surface area contributed by atoms with Gasteiger partial charge in [0.1, 0.15) is 11.6 Å². The number of nitrogen functional groups attached to an aromatic ring is 1. The molecular weight excluding hydrogens is 245 g/mol. The fourth-order valence-corrected chi connectivity index (χ4v) is 1.83. The second-order valence-corrected chi connectivity index (χ2v) is 4.61. The molecule has 0 unspecified atom stereocenters. The van der Waals surface area contributed by atoms with Crippen molar-refractivity contribution in [3.8, 4) is 0 Å². The fourth-order valence-electron chi connectivity index (χ4n) is 1.83. The molecule has 0 saturated heterocycles. The lowest BCUT2D eigenvalue weighted by Gasteiger charge is -2.07. The van der Waals surface area contributed by atoms with Crippen LogP contribution in [0.3, 0.4) is 0 Å². The number of aromatic nitrogens is 1. The Morgan fingerprint density at radius 3 is 2.74 bits per heavy atom. The molecule has 0 saturated carbocycles. The number of anilines is 1. The van der Waals surface area contributed by atoms with E-state index in [1.54, 1.807) is 0 Å². The van der Waals surface area contributed by atoms with Crippen molar-refractivity contribution < 1.29 is 9.18 Å². The molecule has 0 bridgehead atoms. The molecule has 0 aliphatic carbocycles. The highest BCUT2D eigenvalue weighted by atomic mass is 19.1. The zero-order chi connectivity index (χ0) is 14.1. The maximum atomic E-state index is 13.0. The van der Waals surface area contributed by atoms with Crippen LogP contribution in [0.15, 0.2) is 12.3 Å². The minimum atomic E-state index is -0.557. The van der Waals surface area contributed by atoms with E-state index in [9.17, 15) is 9.18 Å². The fraction of sp³-hybridized carbons (Fsp3) is 0.571. The van der Waals surface area contributed by atoms with E-state index in [1.165, 1.54) is 25.7 Å². The highest BCUT2D eigenvalue weighted by molar-refractivity contribution is 5.98. The van der Waals surface area contributed by atoms with Crippen molar-refractivity contribution in [2.75, 3.05) is 12.3 Å². The SMILES string of the molecule is CCCCCCCCNC(=O)c1cc(F)cnc1N. The minimum Gasteiger partial charge on any atom is -0.383 e. The first-order valence-electron chi connectivity index (χ1n) is 6.84. The molecule has 3 N–H and O–H groups in total. The van der Waals surface area contributed by atoms with Crippen LogP contribution in [0.4, 0.5) is 10.2 Å². The quantitative estimate of drug-likeness (QED) is 0.712. The molecule has 1 aromatic heterocycles. The number of pyridine rings is 1. The number of carbonyl (C=O) groups is 1. The van der Waals surface area contributed by atoms with E-state index in [0.29, 0.717) is 6.54 Å². The van der Waals surface area contributed by atoms with Crippen molar-refractivity contribution >= 4 is 11.7 Å². The van der Waals surface area contributed by atoms with Crippen molar-refractivity contribution in [1.82, 2.24) is 10.3 Å². The van der Waals surface area contributed by atoms with Crippen LogP contribution >= 0.6 is 0 Å². The van der Waals surface area contributed by atoms with Gasteiger partial charge in [0.05, 0.1) is 11.8 Å². The highest BCUT2D eigenvalue weighted by Crippen LogP contribution is 2.10. The van der Waals surface area contributed by atoms with E-state index in [0.717, 1.165) is 25.1 Å². The molecular formula is C14H22FN3O. The number of hydrogen-bond donors (Lipinski definition) is 2. The maximum absolute atomic E-state index is 13.0. The molecule has 0 spiro atoms. The van der Waals surface area contributed by atoms with Crippen LogP contribution in [0.25, 0.3) is 0 Å². The second-order valence-electron chi connectivity index (χ2n) is 4.61. The van der Waals surface area contributed by atoms with E-state index in [2.05, 4.69) is 17.2 Å². The van der Waals surface area contributed by atoms with Gasteiger partial charge in [0.25, 0.3) is 5.91 Å². The van der Waals surface area contributed by atoms with Crippen molar-refractivity contribution in [1.29, 1.82) is 0 Å². The van der Waals surface area contributed by atoms with Crippen LogP contribution in [0.2, 0.25) is 0 Å². The van der Waals surface area contributed by atoms with E-state index in [4.69, 9.17) is 5.73 Å². The molecule has 0 aliphatic rings. The molecule has 1 heterocycles. The number of halogens is 1. The summed E-state index contributed by atoms with van der Waals surface area (Å²) in [6.45, 7) is 2.76. The van der Waals surface area contributed by atoms with Crippen LogP contribution in [0.5, 0.6) is 0 Å². The molecule has 0 radical (unpaired) electrons. The molecule has 5 heteroatoms. The Kier molecular flexibility index (Phi) is 6.85. The van der Waals surface area contributed by atoms with Gasteiger partial charge in [0, 0.05) is 6.54 Å². The normalized spacial score (nSPS) is 10.4. The molecule has 1 aromatic rings. The number of nitrogens with zero attached hydrogens (tertiary/aromatic N) is 1. The number of carbonyl (C=O) groups excluding carboxylic acids is 1. The molecule has 19 heavy (non-hydrogen) atoms. The summed E-state index contributed by atoms with van der Waals surface area (Å²) < 4.78 is 13.0. The molecule has 0 fully saturated rings. The average Bonchev–Trinajstić information content (AvgIpc) is 2.40. The smallest absolute Gasteiger partial charge is 0.255 e. The summed E-state index contributed by atoms with van der Waals surface area (Å²) in [5, 5.41) is 2.73. The van der Waals surface area contributed by atoms with Crippen LogP contribution in [0, 0.1) is 5.82 Å². The summed E-state index contributed by atoms with van der Waals surface area (Å²) in [7, 11) is 0. The Morgan fingerprint density at radius 2 is 2.00 bits per heavy atom. The zero-order valence-electron chi connectivity index (χ0n) is 11.4. The predicted octanol–water partition coefficient (Wildman–Crippen LogP) is 2.89. The van der Waals surface area contributed by atoms with Crippen LogP contribution in [-0.4, -0.2) is 17.4 Å². The first-order valence-corrected chi connectivity index (χ1v) is 6.84. The molecule has 0 aliphatic heterocycles. The number of hydrogen-bond acceptors (Lipinski definition) is 3. The van der Waals surface area contributed by atoms with Gasteiger partial charge in [-0.2, -0.15) is 0 Å². The van der Waals surface area contributed by atoms with Gasteiger partial charge in [0.2, 0.25) is 0 Å². The van der Waals surface area contributed by atoms with E-state index in [-0.39, 0.29) is 17.3 Å². The topological polar surface area (TPSA) is 68.0 Å². The Morgan fingerprint density at radius 1 is 1.32 bits per heavy atom. The number of rotatable bonds is 8. The number of nitrogens with two attached hydrogens (primary N) is 1. The zero-order valence-corrected chi connectivity index (χ0v) is 11.4. The first kappa shape index (κ1) is 15.4. The Hall–Kier alpha value is -1.65. The lowest BCUT2D eigenvalue weighted by Crippen LogP contribution is -2.25. The van der Waals surface area contributed by atoms with Crippen molar-refractivity contribution in [3.63, 3.8) is 0 Å². The third-order valence-electron chi connectivity index (χ3n) is 2.95. The monoisotopic (exact) mass is 267 g/mol. The lowest BCUT2D eigenvalue weighted by atomic mass is 10.1. The second kappa shape index (κ2) is 8.45. The van der Waals surface area contributed by atoms with Crippen LogP contribution in [0.1, 0.15) is 55.8 Å². The van der Waals surface area contributed by atoms with Gasteiger partial charge < -0.3 is 11.1 Å². The number of unbranched alkanes of at least 4 members (excludes halogenated alkanes) is 5.